The fourth-order valence-corrected chi connectivity index (χ4v) is 2.60. The van der Waals surface area contributed by atoms with Crippen LogP contribution in [0, 0.1) is 6.92 Å². The summed E-state index contributed by atoms with van der Waals surface area (Å²) in [5.41, 5.74) is 4.29. The first-order valence-corrected chi connectivity index (χ1v) is 8.46. The van der Waals surface area contributed by atoms with Crippen LogP contribution in [0.1, 0.15) is 11.1 Å². The summed E-state index contributed by atoms with van der Waals surface area (Å²) in [6.45, 7) is 2.65. The van der Waals surface area contributed by atoms with Crippen molar-refractivity contribution in [3.63, 3.8) is 0 Å². The number of para-hydroxylation sites is 1. The van der Waals surface area contributed by atoms with Gasteiger partial charge in [0.1, 0.15) is 5.75 Å². The van der Waals surface area contributed by atoms with Crippen molar-refractivity contribution < 1.29 is 14.3 Å². The molecule has 24 heavy (non-hydrogen) atoms. The molecule has 2 aromatic rings. The average molecular weight is 344 g/mol. The highest BCUT2D eigenvalue weighted by Crippen LogP contribution is 2.20. The van der Waals surface area contributed by atoms with Gasteiger partial charge in [-0.25, -0.2) is 10.2 Å². The molecule has 126 valence electrons. The lowest BCUT2D eigenvalue weighted by Crippen LogP contribution is -2.16. The Morgan fingerprint density at radius 1 is 1.21 bits per heavy atom. The normalized spacial score (nSPS) is 10.6. The first kappa shape index (κ1) is 17.9. The Morgan fingerprint density at radius 3 is 2.71 bits per heavy atom. The minimum atomic E-state index is -0.612. The molecule has 0 aliphatic heterocycles. The maximum absolute atomic E-state index is 11.0. The Morgan fingerprint density at radius 2 is 1.96 bits per heavy atom. The zero-order valence-corrected chi connectivity index (χ0v) is 14.5. The standard InChI is InChI=1S/C18H20N2O3S/c1-14-7-9-16(10-8-14)24-12-11-23-17-6-4-3-5-15(17)13-19-20-18(21)22-2/h3-10,13H,11-12H2,1-2H3,(H,20,21)/b19-13-. The van der Waals surface area contributed by atoms with Gasteiger partial charge in [-0.05, 0) is 31.2 Å². The van der Waals surface area contributed by atoms with Crippen LogP contribution in [0.25, 0.3) is 0 Å². The number of carbonyl (C=O) groups excluding carboxylic acids is 1. The van der Waals surface area contributed by atoms with Crippen molar-refractivity contribution in [1.29, 1.82) is 0 Å². The maximum atomic E-state index is 11.0. The molecule has 6 heteroatoms. The summed E-state index contributed by atoms with van der Waals surface area (Å²) >= 11 is 1.75. The Hall–Kier alpha value is -2.47. The Bertz CT molecular complexity index is 687. The van der Waals surface area contributed by atoms with Crippen LogP contribution in [-0.2, 0) is 4.74 Å². The first-order valence-electron chi connectivity index (χ1n) is 7.47. The van der Waals surface area contributed by atoms with Crippen molar-refractivity contribution in [2.45, 2.75) is 11.8 Å². The van der Waals surface area contributed by atoms with Crippen molar-refractivity contribution in [1.82, 2.24) is 5.43 Å². The number of ether oxygens (including phenoxy) is 2. The van der Waals surface area contributed by atoms with E-state index in [-0.39, 0.29) is 0 Å². The van der Waals surface area contributed by atoms with E-state index in [0.717, 1.165) is 17.1 Å². The van der Waals surface area contributed by atoms with Crippen LogP contribution in [-0.4, -0.2) is 31.8 Å². The third-order valence-corrected chi connectivity index (χ3v) is 4.07. The summed E-state index contributed by atoms with van der Waals surface area (Å²) < 4.78 is 10.3. The number of carbonyl (C=O) groups is 1. The Kier molecular flexibility index (Phi) is 7.17. The van der Waals surface area contributed by atoms with E-state index in [9.17, 15) is 4.79 Å². The van der Waals surface area contributed by atoms with Crippen molar-refractivity contribution in [2.75, 3.05) is 19.5 Å². The zero-order valence-electron chi connectivity index (χ0n) is 13.7. The van der Waals surface area contributed by atoms with E-state index in [2.05, 4.69) is 46.5 Å². The molecule has 0 spiro atoms. The highest BCUT2D eigenvalue weighted by atomic mass is 32.2. The number of hydrogen-bond acceptors (Lipinski definition) is 5. The fraction of sp³-hybridized carbons (Fsp3) is 0.222. The predicted octanol–water partition coefficient (Wildman–Crippen LogP) is 3.86. The van der Waals surface area contributed by atoms with Crippen LogP contribution in [0.2, 0.25) is 0 Å². The van der Waals surface area contributed by atoms with Gasteiger partial charge in [-0.3, -0.25) is 0 Å². The minimum Gasteiger partial charge on any atom is -0.492 e. The third kappa shape index (κ3) is 5.96. The molecule has 0 bridgehead atoms. The number of hydrogen-bond donors (Lipinski definition) is 1. The zero-order chi connectivity index (χ0) is 17.2. The summed E-state index contributed by atoms with van der Waals surface area (Å²) in [6, 6.07) is 15.9. The second-order valence-corrected chi connectivity index (χ2v) is 6.08. The molecule has 0 fully saturated rings. The van der Waals surface area contributed by atoms with Gasteiger partial charge in [-0.1, -0.05) is 29.8 Å². The van der Waals surface area contributed by atoms with Gasteiger partial charge in [0, 0.05) is 16.2 Å². The molecule has 0 saturated heterocycles. The van der Waals surface area contributed by atoms with Gasteiger partial charge in [-0.15, -0.1) is 11.8 Å². The number of rotatable bonds is 7. The lowest BCUT2D eigenvalue weighted by molar-refractivity contribution is 0.171. The lowest BCUT2D eigenvalue weighted by Gasteiger charge is -2.09. The van der Waals surface area contributed by atoms with Crippen LogP contribution in [0.15, 0.2) is 58.5 Å². The van der Waals surface area contributed by atoms with Crippen molar-refractivity contribution in [3.8, 4) is 5.75 Å². The summed E-state index contributed by atoms with van der Waals surface area (Å²) in [4.78, 5) is 12.2. The molecule has 0 aliphatic carbocycles. The molecular weight excluding hydrogens is 324 g/mol. The predicted molar refractivity (Wildman–Crippen MR) is 97.0 cm³/mol. The second-order valence-electron chi connectivity index (χ2n) is 4.91. The Balaban J connectivity index is 1.83. The van der Waals surface area contributed by atoms with Crippen molar-refractivity contribution in [3.05, 3.63) is 59.7 Å². The van der Waals surface area contributed by atoms with Crippen LogP contribution >= 0.6 is 11.8 Å². The molecular formula is C18H20N2O3S. The van der Waals surface area contributed by atoms with Gasteiger partial charge in [0.25, 0.3) is 0 Å². The number of methoxy groups -OCH3 is 1. The van der Waals surface area contributed by atoms with Crippen molar-refractivity contribution >= 4 is 24.1 Å². The molecule has 1 N–H and O–H groups in total. The highest BCUT2D eigenvalue weighted by molar-refractivity contribution is 7.99. The second kappa shape index (κ2) is 9.62. The third-order valence-electron chi connectivity index (χ3n) is 3.09. The van der Waals surface area contributed by atoms with Gasteiger partial charge >= 0.3 is 6.09 Å². The number of aryl methyl sites for hydroxylation is 1. The quantitative estimate of drug-likeness (QED) is 0.359. The van der Waals surface area contributed by atoms with Crippen LogP contribution in [0.5, 0.6) is 5.75 Å². The van der Waals surface area contributed by atoms with E-state index in [1.54, 1.807) is 11.8 Å². The monoisotopic (exact) mass is 344 g/mol. The number of thioether (sulfide) groups is 1. The number of amides is 1. The van der Waals surface area contributed by atoms with E-state index in [4.69, 9.17) is 4.74 Å². The van der Waals surface area contributed by atoms with Gasteiger partial charge in [0.05, 0.1) is 19.9 Å². The van der Waals surface area contributed by atoms with Gasteiger partial charge in [0.15, 0.2) is 0 Å². The summed E-state index contributed by atoms with van der Waals surface area (Å²) in [6.07, 6.45) is 0.915. The smallest absolute Gasteiger partial charge is 0.427 e. The van der Waals surface area contributed by atoms with Crippen LogP contribution in [0.4, 0.5) is 4.79 Å². The molecule has 0 radical (unpaired) electrons. The topological polar surface area (TPSA) is 59.9 Å². The minimum absolute atomic E-state index is 0.577. The molecule has 0 unspecified atom stereocenters. The van der Waals surface area contributed by atoms with E-state index < -0.39 is 6.09 Å². The average Bonchev–Trinajstić information content (AvgIpc) is 2.61. The number of nitrogens with zero attached hydrogens (tertiary/aromatic N) is 1. The molecule has 0 aliphatic rings. The van der Waals surface area contributed by atoms with E-state index in [0.29, 0.717) is 6.61 Å². The maximum Gasteiger partial charge on any atom is 0.427 e. The molecule has 0 aromatic heterocycles. The van der Waals surface area contributed by atoms with E-state index in [1.165, 1.54) is 23.8 Å². The number of benzene rings is 2. The molecule has 2 aromatic carbocycles. The molecule has 0 heterocycles. The molecule has 5 nitrogen and oxygen atoms in total. The Labute approximate surface area is 146 Å². The largest absolute Gasteiger partial charge is 0.492 e. The van der Waals surface area contributed by atoms with Gasteiger partial charge in [0.2, 0.25) is 0 Å². The molecule has 1 amide bonds. The van der Waals surface area contributed by atoms with E-state index >= 15 is 0 Å². The number of nitrogens with one attached hydrogen (secondary N) is 1. The molecule has 0 atom stereocenters. The molecule has 2 rings (SSSR count). The molecule has 0 saturated carbocycles. The van der Waals surface area contributed by atoms with E-state index in [1.807, 2.05) is 24.3 Å². The highest BCUT2D eigenvalue weighted by Gasteiger charge is 2.02. The first-order chi connectivity index (χ1) is 11.7. The van der Waals surface area contributed by atoms with Crippen molar-refractivity contribution in [2.24, 2.45) is 5.10 Å². The summed E-state index contributed by atoms with van der Waals surface area (Å²) in [5, 5.41) is 3.82. The van der Waals surface area contributed by atoms with Gasteiger partial charge < -0.3 is 9.47 Å². The van der Waals surface area contributed by atoms with Crippen LogP contribution in [0.3, 0.4) is 0 Å². The SMILES string of the molecule is COC(=O)N/N=C\c1ccccc1OCCSc1ccc(C)cc1. The lowest BCUT2D eigenvalue weighted by atomic mass is 10.2. The number of hydrazone groups is 1. The summed E-state index contributed by atoms with van der Waals surface area (Å²) in [5.74, 6) is 1.56. The van der Waals surface area contributed by atoms with Crippen LogP contribution < -0.4 is 10.2 Å². The summed E-state index contributed by atoms with van der Waals surface area (Å²) in [7, 11) is 1.29. The fourth-order valence-electron chi connectivity index (χ4n) is 1.86. The van der Waals surface area contributed by atoms with Gasteiger partial charge in [-0.2, -0.15) is 5.10 Å².